The maximum atomic E-state index is 14.0. The second-order valence-corrected chi connectivity index (χ2v) is 6.17. The number of nitrogens with two attached hydrogens (primary N) is 1. The number of nitrogens with zero attached hydrogens (tertiary/aromatic N) is 1. The van der Waals surface area contributed by atoms with Gasteiger partial charge in [-0.05, 0) is 29.7 Å². The van der Waals surface area contributed by atoms with Gasteiger partial charge in [0.1, 0.15) is 10.8 Å². The summed E-state index contributed by atoms with van der Waals surface area (Å²) in [5.41, 5.74) is 8.11. The molecule has 0 aliphatic carbocycles. The molecule has 0 saturated carbocycles. The minimum atomic E-state index is -0.225. The Hall–Kier alpha value is -1.72. The Bertz CT molecular complexity index is 841. The van der Waals surface area contributed by atoms with Crippen LogP contribution in [0, 0.1) is 5.82 Å². The van der Waals surface area contributed by atoms with Crippen LogP contribution in [0.1, 0.15) is 11.1 Å². The molecule has 2 N–H and O–H groups in total. The van der Waals surface area contributed by atoms with Crippen molar-refractivity contribution in [3.05, 3.63) is 70.1 Å². The van der Waals surface area contributed by atoms with Crippen LogP contribution in [0.15, 0.2) is 53.1 Å². The van der Waals surface area contributed by atoms with Crippen molar-refractivity contribution in [2.24, 2.45) is 5.73 Å². The number of aromatic nitrogens is 1. The summed E-state index contributed by atoms with van der Waals surface area (Å²) in [6, 6.07) is 12.9. The average Bonchev–Trinajstić information content (AvgIpc) is 2.84. The van der Waals surface area contributed by atoms with Gasteiger partial charge in [-0.1, -0.05) is 46.3 Å². The molecule has 0 saturated heterocycles. The Kier molecular flexibility index (Phi) is 3.78. The summed E-state index contributed by atoms with van der Waals surface area (Å²) >= 11 is 8.27. The van der Waals surface area contributed by atoms with Crippen LogP contribution in [0.3, 0.4) is 0 Å². The monoisotopic (exact) mass is 362 g/mol. The van der Waals surface area contributed by atoms with Crippen molar-refractivity contribution in [1.82, 2.24) is 4.57 Å². The number of halogens is 2. The number of fused-ring (bicyclic) bond motifs is 1. The van der Waals surface area contributed by atoms with Crippen LogP contribution in [0.25, 0.3) is 10.9 Å². The lowest BCUT2D eigenvalue weighted by molar-refractivity contribution is 0.601. The highest BCUT2D eigenvalue weighted by Crippen LogP contribution is 2.21. The van der Waals surface area contributed by atoms with E-state index in [2.05, 4.69) is 15.9 Å². The summed E-state index contributed by atoms with van der Waals surface area (Å²) in [4.78, 5) is 0.361. The van der Waals surface area contributed by atoms with Gasteiger partial charge in [-0.25, -0.2) is 4.39 Å². The van der Waals surface area contributed by atoms with Gasteiger partial charge in [-0.15, -0.1) is 0 Å². The summed E-state index contributed by atoms with van der Waals surface area (Å²) in [7, 11) is 0. The average molecular weight is 363 g/mol. The van der Waals surface area contributed by atoms with E-state index in [0.717, 1.165) is 20.9 Å². The molecule has 3 aromatic rings. The highest BCUT2D eigenvalue weighted by molar-refractivity contribution is 9.10. The first kappa shape index (κ1) is 14.2. The van der Waals surface area contributed by atoms with Crippen LogP contribution in [0.4, 0.5) is 4.39 Å². The van der Waals surface area contributed by atoms with Gasteiger partial charge < -0.3 is 10.3 Å². The fraction of sp³-hybridized carbons (Fsp3) is 0.0625. The molecule has 0 fully saturated rings. The molecule has 0 radical (unpaired) electrons. The van der Waals surface area contributed by atoms with E-state index in [1.54, 1.807) is 6.07 Å². The van der Waals surface area contributed by atoms with Crippen molar-refractivity contribution >= 4 is 44.0 Å². The van der Waals surface area contributed by atoms with E-state index in [9.17, 15) is 4.39 Å². The maximum Gasteiger partial charge on any atom is 0.129 e. The Morgan fingerprint density at radius 1 is 1.19 bits per heavy atom. The third-order valence-corrected chi connectivity index (χ3v) is 4.14. The van der Waals surface area contributed by atoms with E-state index in [1.165, 1.54) is 6.07 Å². The van der Waals surface area contributed by atoms with Gasteiger partial charge in [-0.2, -0.15) is 0 Å². The SMILES string of the molecule is NC(=S)c1ccc2ccn(Cc3ccc(Br)cc3F)c2c1. The van der Waals surface area contributed by atoms with Crippen molar-refractivity contribution in [2.45, 2.75) is 6.54 Å². The molecule has 0 aliphatic heterocycles. The predicted molar refractivity (Wildman–Crippen MR) is 91.0 cm³/mol. The summed E-state index contributed by atoms with van der Waals surface area (Å²) in [6.07, 6.45) is 1.94. The van der Waals surface area contributed by atoms with Crippen molar-refractivity contribution in [3.63, 3.8) is 0 Å². The second-order valence-electron chi connectivity index (χ2n) is 4.82. The van der Waals surface area contributed by atoms with Crippen LogP contribution >= 0.6 is 28.1 Å². The van der Waals surface area contributed by atoms with Crippen molar-refractivity contribution < 1.29 is 4.39 Å². The van der Waals surface area contributed by atoms with Gasteiger partial charge in [-0.3, -0.25) is 0 Å². The second kappa shape index (κ2) is 5.58. The maximum absolute atomic E-state index is 14.0. The lowest BCUT2D eigenvalue weighted by atomic mass is 10.1. The first-order chi connectivity index (χ1) is 10.0. The summed E-state index contributed by atoms with van der Waals surface area (Å²) in [5, 5.41) is 1.08. The molecule has 106 valence electrons. The molecule has 5 heteroatoms. The topological polar surface area (TPSA) is 30.9 Å². The molecule has 1 aromatic heterocycles. The summed E-state index contributed by atoms with van der Waals surface area (Å²) in [6.45, 7) is 0.462. The van der Waals surface area contributed by atoms with E-state index >= 15 is 0 Å². The summed E-state index contributed by atoms with van der Waals surface area (Å²) in [5.74, 6) is -0.225. The summed E-state index contributed by atoms with van der Waals surface area (Å²) < 4.78 is 16.7. The molecular weight excluding hydrogens is 351 g/mol. The van der Waals surface area contributed by atoms with Crippen LogP contribution in [-0.2, 0) is 6.54 Å². The van der Waals surface area contributed by atoms with Gasteiger partial charge in [0.2, 0.25) is 0 Å². The molecule has 0 atom stereocenters. The molecule has 0 bridgehead atoms. The fourth-order valence-electron chi connectivity index (χ4n) is 2.31. The van der Waals surface area contributed by atoms with Crippen LogP contribution < -0.4 is 5.73 Å². The molecule has 2 nitrogen and oxygen atoms in total. The molecule has 3 rings (SSSR count). The van der Waals surface area contributed by atoms with E-state index in [-0.39, 0.29) is 5.82 Å². The lowest BCUT2D eigenvalue weighted by Crippen LogP contribution is -2.09. The van der Waals surface area contributed by atoms with Crippen LogP contribution in [0.5, 0.6) is 0 Å². The molecule has 0 unspecified atom stereocenters. The quantitative estimate of drug-likeness (QED) is 0.707. The van der Waals surface area contributed by atoms with E-state index in [0.29, 0.717) is 17.1 Å². The molecule has 2 aromatic carbocycles. The molecule has 1 heterocycles. The Morgan fingerprint density at radius 3 is 2.71 bits per heavy atom. The number of rotatable bonds is 3. The van der Waals surface area contributed by atoms with Crippen LogP contribution in [-0.4, -0.2) is 9.56 Å². The largest absolute Gasteiger partial charge is 0.389 e. The third kappa shape index (κ3) is 2.84. The third-order valence-electron chi connectivity index (χ3n) is 3.41. The Labute approximate surface area is 135 Å². The minimum absolute atomic E-state index is 0.225. The highest BCUT2D eigenvalue weighted by atomic mass is 79.9. The smallest absolute Gasteiger partial charge is 0.129 e. The van der Waals surface area contributed by atoms with Crippen molar-refractivity contribution in [2.75, 3.05) is 0 Å². The predicted octanol–water partition coefficient (Wildman–Crippen LogP) is 4.23. The zero-order valence-corrected chi connectivity index (χ0v) is 13.4. The van der Waals surface area contributed by atoms with Gasteiger partial charge in [0.05, 0.1) is 6.54 Å². The minimum Gasteiger partial charge on any atom is -0.389 e. The van der Waals surface area contributed by atoms with Crippen molar-refractivity contribution in [3.8, 4) is 0 Å². The molecule has 0 amide bonds. The van der Waals surface area contributed by atoms with E-state index < -0.39 is 0 Å². The van der Waals surface area contributed by atoms with Gasteiger partial charge in [0.25, 0.3) is 0 Å². The fourth-order valence-corrected chi connectivity index (χ4v) is 2.77. The Morgan fingerprint density at radius 2 is 2.00 bits per heavy atom. The zero-order chi connectivity index (χ0) is 15.0. The van der Waals surface area contributed by atoms with Crippen molar-refractivity contribution in [1.29, 1.82) is 0 Å². The number of hydrogen-bond acceptors (Lipinski definition) is 1. The molecule has 21 heavy (non-hydrogen) atoms. The first-order valence-corrected chi connectivity index (χ1v) is 7.57. The van der Waals surface area contributed by atoms with Gasteiger partial charge >= 0.3 is 0 Å². The number of benzene rings is 2. The Balaban J connectivity index is 2.04. The number of thiocarbonyl (C=S) groups is 1. The number of hydrogen-bond donors (Lipinski definition) is 1. The molecular formula is C16H12BrFN2S. The first-order valence-electron chi connectivity index (χ1n) is 6.37. The normalized spacial score (nSPS) is 11.0. The van der Waals surface area contributed by atoms with Gasteiger partial charge in [0.15, 0.2) is 0 Å². The molecule has 0 aliphatic rings. The van der Waals surface area contributed by atoms with E-state index in [4.69, 9.17) is 18.0 Å². The van der Waals surface area contributed by atoms with Gasteiger partial charge in [0, 0.05) is 27.3 Å². The zero-order valence-electron chi connectivity index (χ0n) is 11.0. The van der Waals surface area contributed by atoms with Crippen LogP contribution in [0.2, 0.25) is 0 Å². The van der Waals surface area contributed by atoms with E-state index in [1.807, 2.05) is 41.1 Å². The standard InChI is InChI=1S/C16H12BrFN2S/c17-13-4-3-12(14(18)8-13)9-20-6-5-10-1-2-11(16(19)21)7-15(10)20/h1-8H,9H2,(H2,19,21). The lowest BCUT2D eigenvalue weighted by Gasteiger charge is -2.08. The highest BCUT2D eigenvalue weighted by Gasteiger charge is 2.08. The molecule has 0 spiro atoms.